The standard InChI is InChI=1S/C9H12N2O/c1-7-6-9(11(3)10-7)5-4-8(2)12/h4-6H,1-3H3/b5-4+. The maximum absolute atomic E-state index is 10.6. The van der Waals surface area contributed by atoms with Crippen molar-refractivity contribution in [3.8, 4) is 0 Å². The number of aromatic nitrogens is 2. The molecule has 3 nitrogen and oxygen atoms in total. The number of hydrogen-bond acceptors (Lipinski definition) is 2. The minimum Gasteiger partial charge on any atom is -0.295 e. The molecule has 0 aliphatic rings. The zero-order valence-corrected chi connectivity index (χ0v) is 7.53. The van der Waals surface area contributed by atoms with Crippen LogP contribution in [-0.4, -0.2) is 15.6 Å². The van der Waals surface area contributed by atoms with Crippen LogP contribution < -0.4 is 0 Å². The number of carbonyl (C=O) groups is 1. The molecule has 1 aromatic heterocycles. The van der Waals surface area contributed by atoms with Gasteiger partial charge in [0.2, 0.25) is 0 Å². The lowest BCUT2D eigenvalue weighted by atomic mass is 10.3. The highest BCUT2D eigenvalue weighted by molar-refractivity contribution is 5.91. The summed E-state index contributed by atoms with van der Waals surface area (Å²) in [6, 6.07) is 1.93. The predicted molar refractivity (Wildman–Crippen MR) is 47.7 cm³/mol. The third-order valence-electron chi connectivity index (χ3n) is 1.53. The average Bonchev–Trinajstić information content (AvgIpc) is 2.26. The van der Waals surface area contributed by atoms with Crippen molar-refractivity contribution in [1.29, 1.82) is 0 Å². The zero-order chi connectivity index (χ0) is 9.14. The van der Waals surface area contributed by atoms with Crippen molar-refractivity contribution in [1.82, 2.24) is 9.78 Å². The second-order valence-corrected chi connectivity index (χ2v) is 2.78. The highest BCUT2D eigenvalue weighted by Gasteiger charge is 1.96. The molecule has 0 aliphatic heterocycles. The van der Waals surface area contributed by atoms with Crippen LogP contribution in [0, 0.1) is 6.92 Å². The zero-order valence-electron chi connectivity index (χ0n) is 7.53. The van der Waals surface area contributed by atoms with Gasteiger partial charge in [0, 0.05) is 7.05 Å². The molecule has 0 amide bonds. The molecule has 0 spiro atoms. The molecular formula is C9H12N2O. The second kappa shape index (κ2) is 3.34. The first-order valence-corrected chi connectivity index (χ1v) is 3.79. The van der Waals surface area contributed by atoms with Crippen LogP contribution in [-0.2, 0) is 11.8 Å². The first-order valence-electron chi connectivity index (χ1n) is 3.79. The van der Waals surface area contributed by atoms with E-state index in [9.17, 15) is 4.79 Å². The molecule has 3 heteroatoms. The van der Waals surface area contributed by atoms with Crippen molar-refractivity contribution in [2.24, 2.45) is 7.05 Å². The van der Waals surface area contributed by atoms with Gasteiger partial charge in [-0.25, -0.2) is 0 Å². The smallest absolute Gasteiger partial charge is 0.152 e. The number of ketones is 1. The molecule has 0 N–H and O–H groups in total. The summed E-state index contributed by atoms with van der Waals surface area (Å²) in [5.41, 5.74) is 1.91. The normalized spacial score (nSPS) is 10.9. The van der Waals surface area contributed by atoms with Crippen molar-refractivity contribution < 1.29 is 4.79 Å². The Morgan fingerprint density at radius 2 is 2.33 bits per heavy atom. The van der Waals surface area contributed by atoms with Gasteiger partial charge >= 0.3 is 0 Å². The molecule has 0 bridgehead atoms. The van der Waals surface area contributed by atoms with Crippen LogP contribution in [0.1, 0.15) is 18.3 Å². The van der Waals surface area contributed by atoms with Gasteiger partial charge in [-0.2, -0.15) is 5.10 Å². The van der Waals surface area contributed by atoms with Crippen molar-refractivity contribution in [2.75, 3.05) is 0 Å². The maximum atomic E-state index is 10.6. The molecule has 0 fully saturated rings. The molecule has 0 saturated carbocycles. The summed E-state index contributed by atoms with van der Waals surface area (Å²) in [6.07, 6.45) is 3.30. The summed E-state index contributed by atoms with van der Waals surface area (Å²) < 4.78 is 1.74. The van der Waals surface area contributed by atoms with Gasteiger partial charge in [-0.15, -0.1) is 0 Å². The maximum Gasteiger partial charge on any atom is 0.152 e. The summed E-state index contributed by atoms with van der Waals surface area (Å²) in [6.45, 7) is 3.45. The molecule has 1 aromatic rings. The lowest BCUT2D eigenvalue weighted by Crippen LogP contribution is -1.93. The topological polar surface area (TPSA) is 34.9 Å². The Morgan fingerprint density at radius 3 is 2.75 bits per heavy atom. The Balaban J connectivity index is 2.89. The van der Waals surface area contributed by atoms with Gasteiger partial charge in [0.15, 0.2) is 5.78 Å². The SMILES string of the molecule is CC(=O)/C=C/c1cc(C)nn1C. The van der Waals surface area contributed by atoms with Crippen LogP contribution in [0.2, 0.25) is 0 Å². The number of rotatable bonds is 2. The van der Waals surface area contributed by atoms with E-state index in [1.807, 2.05) is 20.0 Å². The van der Waals surface area contributed by atoms with E-state index < -0.39 is 0 Å². The number of carbonyl (C=O) groups excluding carboxylic acids is 1. The van der Waals surface area contributed by atoms with Gasteiger partial charge in [0.25, 0.3) is 0 Å². The Hall–Kier alpha value is -1.38. The molecule has 0 unspecified atom stereocenters. The van der Waals surface area contributed by atoms with Crippen LogP contribution in [0.3, 0.4) is 0 Å². The van der Waals surface area contributed by atoms with Crippen molar-refractivity contribution in [2.45, 2.75) is 13.8 Å². The summed E-state index contributed by atoms with van der Waals surface area (Å²) in [5, 5.41) is 4.14. The highest BCUT2D eigenvalue weighted by atomic mass is 16.1. The second-order valence-electron chi connectivity index (χ2n) is 2.78. The first-order chi connectivity index (χ1) is 5.59. The molecule has 12 heavy (non-hydrogen) atoms. The van der Waals surface area contributed by atoms with E-state index in [2.05, 4.69) is 5.10 Å². The summed E-state index contributed by atoms with van der Waals surface area (Å²) in [4.78, 5) is 10.6. The molecule has 0 radical (unpaired) electrons. The number of nitrogens with zero attached hydrogens (tertiary/aromatic N) is 2. The Labute approximate surface area is 71.7 Å². The highest BCUT2D eigenvalue weighted by Crippen LogP contribution is 2.03. The van der Waals surface area contributed by atoms with Gasteiger partial charge < -0.3 is 0 Å². The Morgan fingerprint density at radius 1 is 1.67 bits per heavy atom. The van der Waals surface area contributed by atoms with E-state index in [-0.39, 0.29) is 5.78 Å². The fourth-order valence-corrected chi connectivity index (χ4v) is 0.989. The van der Waals surface area contributed by atoms with Crippen LogP contribution in [0.15, 0.2) is 12.1 Å². The third-order valence-corrected chi connectivity index (χ3v) is 1.53. The van der Waals surface area contributed by atoms with E-state index in [0.717, 1.165) is 11.4 Å². The summed E-state index contributed by atoms with van der Waals surface area (Å²) in [5.74, 6) is 0.0499. The van der Waals surface area contributed by atoms with Crippen LogP contribution in [0.25, 0.3) is 6.08 Å². The molecule has 1 heterocycles. The summed E-state index contributed by atoms with van der Waals surface area (Å²) >= 11 is 0. The quantitative estimate of drug-likeness (QED) is 0.618. The van der Waals surface area contributed by atoms with Gasteiger partial charge in [-0.3, -0.25) is 9.48 Å². The number of allylic oxidation sites excluding steroid dienone is 1. The van der Waals surface area contributed by atoms with Crippen LogP contribution >= 0.6 is 0 Å². The van der Waals surface area contributed by atoms with E-state index >= 15 is 0 Å². The van der Waals surface area contributed by atoms with E-state index in [1.54, 1.807) is 10.8 Å². The van der Waals surface area contributed by atoms with Crippen molar-refractivity contribution >= 4 is 11.9 Å². The van der Waals surface area contributed by atoms with Crippen molar-refractivity contribution in [3.63, 3.8) is 0 Å². The van der Waals surface area contributed by atoms with Gasteiger partial charge in [0.05, 0.1) is 11.4 Å². The average molecular weight is 164 g/mol. The molecular weight excluding hydrogens is 152 g/mol. The Bertz CT molecular complexity index is 323. The van der Waals surface area contributed by atoms with Gasteiger partial charge in [-0.1, -0.05) is 0 Å². The van der Waals surface area contributed by atoms with Crippen LogP contribution in [0.4, 0.5) is 0 Å². The monoisotopic (exact) mass is 164 g/mol. The molecule has 1 rings (SSSR count). The number of aryl methyl sites for hydroxylation is 2. The molecule has 64 valence electrons. The van der Waals surface area contributed by atoms with Crippen LogP contribution in [0.5, 0.6) is 0 Å². The van der Waals surface area contributed by atoms with E-state index in [1.165, 1.54) is 13.0 Å². The Kier molecular flexibility index (Phi) is 2.43. The number of hydrogen-bond donors (Lipinski definition) is 0. The molecule has 0 saturated heterocycles. The molecule has 0 aromatic carbocycles. The minimum atomic E-state index is 0.0499. The van der Waals surface area contributed by atoms with Gasteiger partial charge in [0.1, 0.15) is 0 Å². The lowest BCUT2D eigenvalue weighted by molar-refractivity contribution is -0.112. The fraction of sp³-hybridized carbons (Fsp3) is 0.333. The lowest BCUT2D eigenvalue weighted by Gasteiger charge is -1.91. The minimum absolute atomic E-state index is 0.0499. The molecule has 0 aliphatic carbocycles. The fourth-order valence-electron chi connectivity index (χ4n) is 0.989. The van der Waals surface area contributed by atoms with E-state index in [4.69, 9.17) is 0 Å². The predicted octanol–water partition coefficient (Wildman–Crippen LogP) is 1.33. The first kappa shape index (κ1) is 8.71. The summed E-state index contributed by atoms with van der Waals surface area (Å²) in [7, 11) is 1.85. The van der Waals surface area contributed by atoms with Crippen molar-refractivity contribution in [3.05, 3.63) is 23.5 Å². The third kappa shape index (κ3) is 2.05. The van der Waals surface area contributed by atoms with Gasteiger partial charge in [-0.05, 0) is 32.1 Å². The van der Waals surface area contributed by atoms with E-state index in [0.29, 0.717) is 0 Å². The molecule has 0 atom stereocenters. The largest absolute Gasteiger partial charge is 0.295 e.